The van der Waals surface area contributed by atoms with Crippen LogP contribution in [-0.4, -0.2) is 53.2 Å². The Morgan fingerprint density at radius 1 is 1.22 bits per heavy atom. The van der Waals surface area contributed by atoms with Crippen LogP contribution in [0.25, 0.3) is 0 Å². The molecule has 1 atom stereocenters. The van der Waals surface area contributed by atoms with Crippen LogP contribution in [0.1, 0.15) is 34.3 Å². The predicted octanol–water partition coefficient (Wildman–Crippen LogP) is 2.58. The molecule has 8 heteroatoms. The van der Waals surface area contributed by atoms with Gasteiger partial charge in [0.1, 0.15) is 6.04 Å². The van der Waals surface area contributed by atoms with Crippen molar-refractivity contribution in [1.82, 2.24) is 15.1 Å². The van der Waals surface area contributed by atoms with E-state index in [4.69, 9.17) is 0 Å². The molecule has 0 radical (unpaired) electrons. The van der Waals surface area contributed by atoms with E-state index in [1.54, 1.807) is 22.3 Å². The number of nitrogens with zero attached hydrogens (tertiary/aromatic N) is 2. The molecule has 144 valence electrons. The SMILES string of the molecule is CCN(CC(=O)NCc1cccs1)C(=O)[C@@H]1CCCN1C(=O)c1cccs1. The van der Waals surface area contributed by atoms with Gasteiger partial charge < -0.3 is 15.1 Å². The first-order valence-corrected chi connectivity index (χ1v) is 10.8. The van der Waals surface area contributed by atoms with Gasteiger partial charge in [-0.05, 0) is 42.7 Å². The molecular formula is C19H23N3O3S2. The van der Waals surface area contributed by atoms with Crippen LogP contribution in [0.15, 0.2) is 35.0 Å². The van der Waals surface area contributed by atoms with E-state index in [1.807, 2.05) is 35.9 Å². The summed E-state index contributed by atoms with van der Waals surface area (Å²) >= 11 is 2.96. The van der Waals surface area contributed by atoms with Crippen molar-refractivity contribution in [3.63, 3.8) is 0 Å². The van der Waals surface area contributed by atoms with Gasteiger partial charge in [-0.1, -0.05) is 12.1 Å². The topological polar surface area (TPSA) is 69.7 Å². The standard InChI is InChI=1S/C19H23N3O3S2/c1-2-21(13-17(23)20-12-14-6-4-10-26-14)18(24)15-7-3-9-22(15)19(25)16-8-5-11-27-16/h4-6,8,10-11,15H,2-3,7,9,12-13H2,1H3,(H,20,23)/t15-/m0/s1. The summed E-state index contributed by atoms with van der Waals surface area (Å²) in [5.74, 6) is -0.432. The summed E-state index contributed by atoms with van der Waals surface area (Å²) in [6, 6.07) is 7.03. The normalized spacial score (nSPS) is 16.3. The molecule has 0 bridgehead atoms. The smallest absolute Gasteiger partial charge is 0.264 e. The highest BCUT2D eigenvalue weighted by molar-refractivity contribution is 7.12. The molecule has 0 saturated carbocycles. The number of carbonyl (C=O) groups excluding carboxylic acids is 3. The van der Waals surface area contributed by atoms with Crippen molar-refractivity contribution in [3.8, 4) is 0 Å². The maximum absolute atomic E-state index is 13.0. The molecule has 2 aromatic rings. The molecule has 1 aliphatic heterocycles. The zero-order chi connectivity index (χ0) is 19.2. The lowest BCUT2D eigenvalue weighted by atomic mass is 10.2. The van der Waals surface area contributed by atoms with Crippen LogP contribution in [0.4, 0.5) is 0 Å². The Morgan fingerprint density at radius 2 is 2.00 bits per heavy atom. The summed E-state index contributed by atoms with van der Waals surface area (Å²) in [7, 11) is 0. The van der Waals surface area contributed by atoms with Gasteiger partial charge in [0, 0.05) is 18.0 Å². The number of carbonyl (C=O) groups is 3. The summed E-state index contributed by atoms with van der Waals surface area (Å²) in [5.41, 5.74) is 0. The third-order valence-electron chi connectivity index (χ3n) is 4.60. The first-order chi connectivity index (χ1) is 13.1. The summed E-state index contributed by atoms with van der Waals surface area (Å²) < 4.78 is 0. The fourth-order valence-corrected chi connectivity index (χ4v) is 4.52. The molecule has 3 amide bonds. The third kappa shape index (κ3) is 4.75. The highest BCUT2D eigenvalue weighted by Crippen LogP contribution is 2.23. The van der Waals surface area contributed by atoms with Crippen molar-refractivity contribution in [2.45, 2.75) is 32.4 Å². The van der Waals surface area contributed by atoms with Crippen molar-refractivity contribution in [2.24, 2.45) is 0 Å². The van der Waals surface area contributed by atoms with Gasteiger partial charge in [-0.25, -0.2) is 0 Å². The van der Waals surface area contributed by atoms with Crippen LogP contribution >= 0.6 is 22.7 Å². The van der Waals surface area contributed by atoms with E-state index < -0.39 is 6.04 Å². The Hall–Kier alpha value is -2.19. The van der Waals surface area contributed by atoms with Gasteiger partial charge in [0.05, 0.1) is 18.0 Å². The number of rotatable bonds is 7. The first-order valence-electron chi connectivity index (χ1n) is 9.02. The zero-order valence-electron chi connectivity index (χ0n) is 15.2. The number of hydrogen-bond acceptors (Lipinski definition) is 5. The Balaban J connectivity index is 1.59. The van der Waals surface area contributed by atoms with Crippen molar-refractivity contribution in [1.29, 1.82) is 0 Å². The average Bonchev–Trinajstić information content (AvgIpc) is 3.44. The lowest BCUT2D eigenvalue weighted by Gasteiger charge is -2.29. The maximum Gasteiger partial charge on any atom is 0.264 e. The van der Waals surface area contributed by atoms with E-state index >= 15 is 0 Å². The molecule has 27 heavy (non-hydrogen) atoms. The Morgan fingerprint density at radius 3 is 2.67 bits per heavy atom. The van der Waals surface area contributed by atoms with Gasteiger partial charge in [-0.3, -0.25) is 14.4 Å². The largest absolute Gasteiger partial charge is 0.350 e. The second-order valence-corrected chi connectivity index (χ2v) is 8.32. The molecule has 1 fully saturated rings. The number of likely N-dealkylation sites (tertiary alicyclic amines) is 1. The molecule has 0 aromatic carbocycles. The second-order valence-electron chi connectivity index (χ2n) is 6.34. The fourth-order valence-electron chi connectivity index (χ4n) is 3.19. The number of amides is 3. The van der Waals surface area contributed by atoms with Crippen LogP contribution < -0.4 is 5.32 Å². The minimum absolute atomic E-state index is 0.0121. The molecule has 1 N–H and O–H groups in total. The number of nitrogens with one attached hydrogen (secondary N) is 1. The fraction of sp³-hybridized carbons (Fsp3) is 0.421. The van der Waals surface area contributed by atoms with Crippen LogP contribution in [-0.2, 0) is 16.1 Å². The van der Waals surface area contributed by atoms with Crippen molar-refractivity contribution in [3.05, 3.63) is 44.8 Å². The Kier molecular flexibility index (Phi) is 6.63. The molecule has 3 rings (SSSR count). The molecule has 2 aromatic heterocycles. The molecule has 0 spiro atoms. The molecule has 1 saturated heterocycles. The van der Waals surface area contributed by atoms with E-state index in [1.165, 1.54) is 16.2 Å². The summed E-state index contributed by atoms with van der Waals surface area (Å²) in [6.45, 7) is 3.34. The van der Waals surface area contributed by atoms with E-state index in [2.05, 4.69) is 5.32 Å². The molecule has 0 aliphatic carbocycles. The highest BCUT2D eigenvalue weighted by atomic mass is 32.1. The van der Waals surface area contributed by atoms with Crippen LogP contribution in [0.3, 0.4) is 0 Å². The van der Waals surface area contributed by atoms with E-state index in [-0.39, 0.29) is 24.3 Å². The first kappa shape index (κ1) is 19.6. The van der Waals surface area contributed by atoms with Crippen LogP contribution in [0, 0.1) is 0 Å². The predicted molar refractivity (Wildman–Crippen MR) is 107 cm³/mol. The molecule has 3 heterocycles. The monoisotopic (exact) mass is 405 g/mol. The minimum Gasteiger partial charge on any atom is -0.350 e. The van der Waals surface area contributed by atoms with Crippen LogP contribution in [0.5, 0.6) is 0 Å². The lowest BCUT2D eigenvalue weighted by Crippen LogP contribution is -2.50. The zero-order valence-corrected chi connectivity index (χ0v) is 16.9. The number of likely N-dealkylation sites (N-methyl/N-ethyl adjacent to an activating group) is 1. The molecule has 1 aliphatic rings. The summed E-state index contributed by atoms with van der Waals surface area (Å²) in [5, 5.41) is 6.67. The van der Waals surface area contributed by atoms with E-state index in [0.29, 0.717) is 30.9 Å². The quantitative estimate of drug-likeness (QED) is 0.770. The van der Waals surface area contributed by atoms with E-state index in [0.717, 1.165) is 11.3 Å². The summed E-state index contributed by atoms with van der Waals surface area (Å²) in [4.78, 5) is 42.8. The van der Waals surface area contributed by atoms with Crippen molar-refractivity contribution >= 4 is 40.4 Å². The van der Waals surface area contributed by atoms with Gasteiger partial charge in [0.15, 0.2) is 0 Å². The average molecular weight is 406 g/mol. The Labute approximate surface area is 166 Å². The molecule has 6 nitrogen and oxygen atoms in total. The van der Waals surface area contributed by atoms with Gasteiger partial charge in [-0.15, -0.1) is 22.7 Å². The lowest BCUT2D eigenvalue weighted by molar-refractivity contribution is -0.139. The van der Waals surface area contributed by atoms with Crippen molar-refractivity contribution in [2.75, 3.05) is 19.6 Å². The molecular weight excluding hydrogens is 382 g/mol. The van der Waals surface area contributed by atoms with Crippen molar-refractivity contribution < 1.29 is 14.4 Å². The van der Waals surface area contributed by atoms with E-state index in [9.17, 15) is 14.4 Å². The highest BCUT2D eigenvalue weighted by Gasteiger charge is 2.37. The van der Waals surface area contributed by atoms with Crippen LogP contribution in [0.2, 0.25) is 0 Å². The van der Waals surface area contributed by atoms with Gasteiger partial charge >= 0.3 is 0 Å². The van der Waals surface area contributed by atoms with Gasteiger partial charge in [-0.2, -0.15) is 0 Å². The maximum atomic E-state index is 13.0. The minimum atomic E-state index is -0.482. The number of hydrogen-bond donors (Lipinski definition) is 1. The summed E-state index contributed by atoms with van der Waals surface area (Å²) in [6.07, 6.45) is 1.44. The van der Waals surface area contributed by atoms with Gasteiger partial charge in [0.2, 0.25) is 11.8 Å². The second kappa shape index (κ2) is 9.14. The molecule has 0 unspecified atom stereocenters. The number of thiophene rings is 2. The van der Waals surface area contributed by atoms with Gasteiger partial charge in [0.25, 0.3) is 5.91 Å². The Bertz CT molecular complexity index is 774. The third-order valence-corrected chi connectivity index (χ3v) is 6.33.